The van der Waals surface area contributed by atoms with Crippen molar-refractivity contribution in [1.29, 1.82) is 0 Å². The number of halogens is 3. The van der Waals surface area contributed by atoms with Crippen molar-refractivity contribution in [2.75, 3.05) is 0 Å². The van der Waals surface area contributed by atoms with Crippen LogP contribution in [0.15, 0.2) is 71.7 Å². The Kier molecular flexibility index (Phi) is 8.87. The van der Waals surface area contributed by atoms with Crippen LogP contribution in [0, 0.1) is 5.92 Å². The Hall–Kier alpha value is -3.61. The van der Waals surface area contributed by atoms with Crippen molar-refractivity contribution in [2.45, 2.75) is 64.7 Å². The van der Waals surface area contributed by atoms with Gasteiger partial charge in [0.15, 0.2) is 0 Å². The second kappa shape index (κ2) is 12.3. The first kappa shape index (κ1) is 27.4. The lowest BCUT2D eigenvalue weighted by atomic mass is 9.98. The molecule has 0 unspecified atom stereocenters. The SMILES string of the molecule is CC(C)CC[C@@H]1CCc2ccc(Oc3ccccc3CNC(=O)Cc3cccc(C(F)(F)F)c3)cc2C=N1. The van der Waals surface area contributed by atoms with Crippen LogP contribution >= 0.6 is 0 Å². The summed E-state index contributed by atoms with van der Waals surface area (Å²) in [5, 5.41) is 2.79. The van der Waals surface area contributed by atoms with E-state index in [1.807, 2.05) is 42.6 Å². The summed E-state index contributed by atoms with van der Waals surface area (Å²) in [6, 6.07) is 18.6. The number of para-hydroxylation sites is 1. The van der Waals surface area contributed by atoms with Gasteiger partial charge in [-0.2, -0.15) is 13.2 Å². The van der Waals surface area contributed by atoms with E-state index in [1.165, 1.54) is 24.1 Å². The molecule has 0 aromatic heterocycles. The maximum absolute atomic E-state index is 13.0. The van der Waals surface area contributed by atoms with Crippen molar-refractivity contribution in [1.82, 2.24) is 5.32 Å². The van der Waals surface area contributed by atoms with Crippen molar-refractivity contribution in [3.63, 3.8) is 0 Å². The predicted octanol–water partition coefficient (Wildman–Crippen LogP) is 7.53. The quantitative estimate of drug-likeness (QED) is 0.316. The minimum Gasteiger partial charge on any atom is -0.457 e. The molecule has 3 aromatic carbocycles. The molecule has 200 valence electrons. The number of ether oxygens (including phenoxy) is 1. The van der Waals surface area contributed by atoms with Gasteiger partial charge in [0, 0.05) is 18.3 Å². The number of aliphatic imine (C=N–C) groups is 1. The number of fused-ring (bicyclic) bond motifs is 1. The minimum absolute atomic E-state index is 0.144. The molecule has 0 aliphatic carbocycles. The highest BCUT2D eigenvalue weighted by Crippen LogP contribution is 2.30. The number of amides is 1. The largest absolute Gasteiger partial charge is 0.457 e. The molecule has 3 aromatic rings. The maximum Gasteiger partial charge on any atom is 0.416 e. The van der Waals surface area contributed by atoms with Crippen molar-refractivity contribution >= 4 is 12.1 Å². The monoisotopic (exact) mass is 522 g/mol. The molecular weight excluding hydrogens is 489 g/mol. The lowest BCUT2D eigenvalue weighted by Crippen LogP contribution is -2.24. The Morgan fingerprint density at radius 3 is 2.68 bits per heavy atom. The summed E-state index contributed by atoms with van der Waals surface area (Å²) >= 11 is 0. The van der Waals surface area contributed by atoms with Crippen LogP contribution in [-0.4, -0.2) is 18.2 Å². The van der Waals surface area contributed by atoms with E-state index in [1.54, 1.807) is 0 Å². The van der Waals surface area contributed by atoms with Gasteiger partial charge in [-0.15, -0.1) is 0 Å². The number of nitrogens with one attached hydrogen (secondary N) is 1. The number of hydrogen-bond acceptors (Lipinski definition) is 3. The average molecular weight is 523 g/mol. The van der Waals surface area contributed by atoms with Gasteiger partial charge in [0.1, 0.15) is 11.5 Å². The summed E-state index contributed by atoms with van der Waals surface area (Å²) in [6.07, 6.45) is 1.65. The van der Waals surface area contributed by atoms with E-state index < -0.39 is 11.7 Å². The molecule has 1 atom stereocenters. The third-order valence-corrected chi connectivity index (χ3v) is 6.66. The van der Waals surface area contributed by atoms with Gasteiger partial charge in [-0.05, 0) is 72.6 Å². The van der Waals surface area contributed by atoms with Gasteiger partial charge in [-0.3, -0.25) is 9.79 Å². The van der Waals surface area contributed by atoms with E-state index in [-0.39, 0.29) is 18.9 Å². The van der Waals surface area contributed by atoms with Gasteiger partial charge in [-0.25, -0.2) is 0 Å². The summed E-state index contributed by atoms with van der Waals surface area (Å²) < 4.78 is 45.1. The molecule has 0 spiro atoms. The van der Waals surface area contributed by atoms with Crippen LogP contribution in [0.1, 0.15) is 60.9 Å². The second-order valence-corrected chi connectivity index (χ2v) is 10.2. The molecule has 0 fully saturated rings. The van der Waals surface area contributed by atoms with E-state index in [9.17, 15) is 18.0 Å². The molecule has 0 saturated heterocycles. The summed E-state index contributed by atoms with van der Waals surface area (Å²) in [7, 11) is 0. The van der Waals surface area contributed by atoms with Crippen molar-refractivity contribution in [3.05, 3.63) is 94.5 Å². The van der Waals surface area contributed by atoms with Gasteiger partial charge in [0.25, 0.3) is 0 Å². The fourth-order valence-corrected chi connectivity index (χ4v) is 4.49. The summed E-state index contributed by atoms with van der Waals surface area (Å²) in [6.45, 7) is 4.66. The number of carbonyl (C=O) groups excluding carboxylic acids is 1. The minimum atomic E-state index is -4.44. The molecule has 1 aliphatic rings. The first-order valence-electron chi connectivity index (χ1n) is 13.0. The maximum atomic E-state index is 13.0. The number of nitrogens with zero attached hydrogens (tertiary/aromatic N) is 1. The van der Waals surface area contributed by atoms with Crippen LogP contribution in [0.2, 0.25) is 0 Å². The van der Waals surface area contributed by atoms with Gasteiger partial charge >= 0.3 is 6.18 Å². The molecular formula is C31H33F3N2O2. The first-order chi connectivity index (χ1) is 18.2. The van der Waals surface area contributed by atoms with Crippen LogP contribution in [0.4, 0.5) is 13.2 Å². The average Bonchev–Trinajstić information content (AvgIpc) is 3.08. The molecule has 0 radical (unpaired) electrons. The number of carbonyl (C=O) groups is 1. The molecule has 1 aliphatic heterocycles. The number of hydrogen-bond donors (Lipinski definition) is 1. The molecule has 4 rings (SSSR count). The molecule has 1 amide bonds. The highest BCUT2D eigenvalue weighted by atomic mass is 19.4. The molecule has 1 heterocycles. The Bertz CT molecular complexity index is 1280. The van der Waals surface area contributed by atoms with E-state index in [4.69, 9.17) is 9.73 Å². The molecule has 0 bridgehead atoms. The summed E-state index contributed by atoms with van der Waals surface area (Å²) in [5.41, 5.74) is 2.62. The van der Waals surface area contributed by atoms with Crippen molar-refractivity contribution in [2.24, 2.45) is 10.9 Å². The normalized spacial score (nSPS) is 15.2. The Morgan fingerprint density at radius 2 is 1.89 bits per heavy atom. The van der Waals surface area contributed by atoms with Gasteiger partial charge in [0.2, 0.25) is 5.91 Å². The summed E-state index contributed by atoms with van der Waals surface area (Å²) in [5.74, 6) is 1.58. The van der Waals surface area contributed by atoms with Gasteiger partial charge in [0.05, 0.1) is 18.0 Å². The molecule has 1 N–H and O–H groups in total. The molecule has 7 heteroatoms. The van der Waals surface area contributed by atoms with Crippen LogP contribution in [-0.2, 0) is 30.4 Å². The van der Waals surface area contributed by atoms with E-state index in [0.717, 1.165) is 42.5 Å². The number of alkyl halides is 3. The van der Waals surface area contributed by atoms with Crippen LogP contribution in [0.5, 0.6) is 11.5 Å². The van der Waals surface area contributed by atoms with Gasteiger partial charge < -0.3 is 10.1 Å². The first-order valence-corrected chi connectivity index (χ1v) is 13.0. The smallest absolute Gasteiger partial charge is 0.416 e. The fraction of sp³-hybridized carbons (Fsp3) is 0.355. The lowest BCUT2D eigenvalue weighted by Gasteiger charge is -2.14. The fourth-order valence-electron chi connectivity index (χ4n) is 4.49. The third-order valence-electron chi connectivity index (χ3n) is 6.66. The third kappa shape index (κ3) is 7.70. The zero-order chi connectivity index (χ0) is 27.1. The topological polar surface area (TPSA) is 50.7 Å². The zero-order valence-corrected chi connectivity index (χ0v) is 21.7. The zero-order valence-electron chi connectivity index (χ0n) is 21.7. The number of benzene rings is 3. The highest BCUT2D eigenvalue weighted by Gasteiger charge is 2.30. The Labute approximate surface area is 222 Å². The number of aryl methyl sites for hydroxylation is 1. The van der Waals surface area contributed by atoms with E-state index in [2.05, 4.69) is 25.2 Å². The predicted molar refractivity (Wildman–Crippen MR) is 144 cm³/mol. The van der Waals surface area contributed by atoms with Gasteiger partial charge in [-0.1, -0.05) is 56.3 Å². The Morgan fingerprint density at radius 1 is 1.08 bits per heavy atom. The van der Waals surface area contributed by atoms with Crippen molar-refractivity contribution < 1.29 is 22.7 Å². The summed E-state index contributed by atoms with van der Waals surface area (Å²) in [4.78, 5) is 17.3. The van der Waals surface area contributed by atoms with E-state index >= 15 is 0 Å². The highest BCUT2D eigenvalue weighted by molar-refractivity contribution is 5.83. The molecule has 0 saturated carbocycles. The van der Waals surface area contributed by atoms with Crippen LogP contribution in [0.25, 0.3) is 0 Å². The standard InChI is InChI=1S/C31H33F3N2O2/c1-21(2)10-13-27-14-11-23-12-15-28(18-25(23)20-35-27)38-29-9-4-3-7-24(29)19-36-30(37)17-22-6-5-8-26(16-22)31(32,33)34/h3-9,12,15-16,18,20-21,27H,10-11,13-14,17,19H2,1-2H3,(H,36,37)/t27-/m1/s1. The lowest BCUT2D eigenvalue weighted by molar-refractivity contribution is -0.137. The van der Waals surface area contributed by atoms with E-state index in [0.29, 0.717) is 29.0 Å². The van der Waals surface area contributed by atoms with Crippen molar-refractivity contribution in [3.8, 4) is 11.5 Å². The van der Waals surface area contributed by atoms with Crippen LogP contribution < -0.4 is 10.1 Å². The molecule has 4 nitrogen and oxygen atoms in total. The molecule has 38 heavy (non-hydrogen) atoms. The number of rotatable bonds is 9. The Balaban J connectivity index is 1.39. The van der Waals surface area contributed by atoms with Crippen LogP contribution in [0.3, 0.4) is 0 Å². The second-order valence-electron chi connectivity index (χ2n) is 10.2.